The molecule has 0 aromatic heterocycles. The smallest absolute Gasteiger partial charge is 0.239 e. The number of anilines is 1. The lowest BCUT2D eigenvalue weighted by molar-refractivity contribution is -0.113. The minimum Gasteiger partial charge on any atom is -0.494 e. The van der Waals surface area contributed by atoms with Crippen LogP contribution in [-0.2, 0) is 20.4 Å². The highest BCUT2D eigenvalue weighted by molar-refractivity contribution is 7.91. The second-order valence-corrected chi connectivity index (χ2v) is 7.24. The van der Waals surface area contributed by atoms with Crippen LogP contribution in [0.25, 0.3) is 0 Å². The SMILES string of the molecule is COc1ccc(CS(=O)(=O)CC(=O)Nc2ccc(F)cc2F)cc1F. The number of carbonyl (C=O) groups is 1. The van der Waals surface area contributed by atoms with Gasteiger partial charge in [-0.3, -0.25) is 4.79 Å². The number of methoxy groups -OCH3 is 1. The molecule has 5 nitrogen and oxygen atoms in total. The van der Waals surface area contributed by atoms with E-state index in [0.717, 1.165) is 18.2 Å². The van der Waals surface area contributed by atoms with Gasteiger partial charge in [0.05, 0.1) is 18.6 Å². The topological polar surface area (TPSA) is 72.5 Å². The van der Waals surface area contributed by atoms with Crippen molar-refractivity contribution in [3.05, 3.63) is 59.4 Å². The van der Waals surface area contributed by atoms with Crippen molar-refractivity contribution in [1.29, 1.82) is 0 Å². The Kier molecular flexibility index (Phi) is 5.68. The van der Waals surface area contributed by atoms with Gasteiger partial charge in [0.1, 0.15) is 17.4 Å². The average Bonchev–Trinajstić information content (AvgIpc) is 2.49. The van der Waals surface area contributed by atoms with Crippen molar-refractivity contribution in [3.8, 4) is 5.75 Å². The van der Waals surface area contributed by atoms with E-state index in [9.17, 15) is 26.4 Å². The van der Waals surface area contributed by atoms with E-state index in [2.05, 4.69) is 5.32 Å². The maximum absolute atomic E-state index is 13.6. The molecule has 0 radical (unpaired) electrons. The molecule has 134 valence electrons. The Hall–Kier alpha value is -2.55. The Morgan fingerprint density at radius 3 is 2.40 bits per heavy atom. The van der Waals surface area contributed by atoms with Crippen LogP contribution in [-0.4, -0.2) is 27.2 Å². The Morgan fingerprint density at radius 1 is 1.08 bits per heavy atom. The maximum atomic E-state index is 13.6. The molecule has 0 bridgehead atoms. The first-order valence-corrected chi connectivity index (χ1v) is 8.80. The van der Waals surface area contributed by atoms with Crippen LogP contribution < -0.4 is 10.1 Å². The fourth-order valence-corrected chi connectivity index (χ4v) is 3.34. The van der Waals surface area contributed by atoms with Gasteiger partial charge in [0.15, 0.2) is 21.4 Å². The highest BCUT2D eigenvalue weighted by Crippen LogP contribution is 2.19. The molecule has 1 amide bonds. The van der Waals surface area contributed by atoms with Crippen molar-refractivity contribution in [2.75, 3.05) is 18.2 Å². The Bertz CT molecular complexity index is 900. The summed E-state index contributed by atoms with van der Waals surface area (Å²) in [6, 6.07) is 6.09. The predicted molar refractivity (Wildman–Crippen MR) is 85.4 cm³/mol. The number of hydrogen-bond acceptors (Lipinski definition) is 4. The van der Waals surface area contributed by atoms with Crippen LogP contribution in [0.15, 0.2) is 36.4 Å². The van der Waals surface area contributed by atoms with Gasteiger partial charge in [-0.1, -0.05) is 6.07 Å². The number of benzene rings is 2. The summed E-state index contributed by atoms with van der Waals surface area (Å²) >= 11 is 0. The number of carbonyl (C=O) groups excluding carboxylic acids is 1. The molecule has 2 aromatic carbocycles. The zero-order valence-corrected chi connectivity index (χ0v) is 13.9. The third-order valence-electron chi connectivity index (χ3n) is 3.16. The van der Waals surface area contributed by atoms with Crippen molar-refractivity contribution in [2.24, 2.45) is 0 Å². The molecule has 0 saturated carbocycles. The summed E-state index contributed by atoms with van der Waals surface area (Å²) in [6.45, 7) is 0. The van der Waals surface area contributed by atoms with E-state index in [1.54, 1.807) is 0 Å². The third kappa shape index (κ3) is 5.21. The van der Waals surface area contributed by atoms with E-state index in [-0.39, 0.29) is 17.0 Å². The van der Waals surface area contributed by atoms with Crippen molar-refractivity contribution in [3.63, 3.8) is 0 Å². The molecule has 0 aliphatic rings. The summed E-state index contributed by atoms with van der Waals surface area (Å²) in [7, 11) is -2.66. The molecule has 25 heavy (non-hydrogen) atoms. The first kappa shape index (κ1) is 18.8. The average molecular weight is 373 g/mol. The molecule has 0 spiro atoms. The van der Waals surface area contributed by atoms with Crippen molar-refractivity contribution in [1.82, 2.24) is 0 Å². The van der Waals surface area contributed by atoms with Crippen LogP contribution in [0.2, 0.25) is 0 Å². The molecule has 1 N–H and O–H groups in total. The summed E-state index contributed by atoms with van der Waals surface area (Å²) in [5.41, 5.74) is -0.198. The van der Waals surface area contributed by atoms with E-state index < -0.39 is 44.7 Å². The highest BCUT2D eigenvalue weighted by Gasteiger charge is 2.19. The number of sulfone groups is 1. The molecular formula is C16H14F3NO4S. The fourth-order valence-electron chi connectivity index (χ4n) is 2.08. The molecule has 0 heterocycles. The second kappa shape index (κ2) is 7.56. The van der Waals surface area contributed by atoms with Crippen LogP contribution in [0.5, 0.6) is 5.75 Å². The Balaban J connectivity index is 2.05. The lowest BCUT2D eigenvalue weighted by Crippen LogP contribution is -2.24. The summed E-state index contributed by atoms with van der Waals surface area (Å²) in [5.74, 6) is -5.11. The predicted octanol–water partition coefficient (Wildman–Crippen LogP) is 2.67. The largest absolute Gasteiger partial charge is 0.494 e. The van der Waals surface area contributed by atoms with E-state index in [4.69, 9.17) is 4.74 Å². The van der Waals surface area contributed by atoms with Gasteiger partial charge in [-0.2, -0.15) is 0 Å². The molecule has 0 fully saturated rings. The number of rotatable bonds is 6. The minimum absolute atomic E-state index is 0.0364. The van der Waals surface area contributed by atoms with E-state index >= 15 is 0 Å². The van der Waals surface area contributed by atoms with Crippen molar-refractivity contribution in [2.45, 2.75) is 5.75 Å². The zero-order chi connectivity index (χ0) is 18.6. The third-order valence-corrected chi connectivity index (χ3v) is 4.63. The van der Waals surface area contributed by atoms with E-state index in [1.807, 2.05) is 0 Å². The van der Waals surface area contributed by atoms with Crippen LogP contribution in [0.3, 0.4) is 0 Å². The van der Waals surface area contributed by atoms with Gasteiger partial charge in [-0.25, -0.2) is 21.6 Å². The lowest BCUT2D eigenvalue weighted by atomic mass is 10.2. The molecular weight excluding hydrogens is 359 g/mol. The minimum atomic E-state index is -3.93. The maximum Gasteiger partial charge on any atom is 0.239 e. The number of ether oxygens (including phenoxy) is 1. The van der Waals surface area contributed by atoms with Gasteiger partial charge in [0.2, 0.25) is 5.91 Å². The first-order valence-electron chi connectivity index (χ1n) is 6.98. The summed E-state index contributed by atoms with van der Waals surface area (Å²) in [5, 5.41) is 2.06. The molecule has 2 rings (SSSR count). The van der Waals surface area contributed by atoms with Crippen molar-refractivity contribution < 1.29 is 31.1 Å². The lowest BCUT2D eigenvalue weighted by Gasteiger charge is -2.08. The van der Waals surface area contributed by atoms with Gasteiger partial charge >= 0.3 is 0 Å². The standard InChI is InChI=1S/C16H14F3NO4S/c1-24-15-5-2-10(6-13(15)19)8-25(22,23)9-16(21)20-14-4-3-11(17)7-12(14)18/h2-7H,8-9H2,1H3,(H,20,21). The normalized spacial score (nSPS) is 11.2. The van der Waals surface area contributed by atoms with Crippen LogP contribution in [0, 0.1) is 17.5 Å². The molecule has 0 aliphatic carbocycles. The summed E-state index contributed by atoms with van der Waals surface area (Å²) in [4.78, 5) is 11.8. The van der Waals surface area contributed by atoms with Gasteiger partial charge in [-0.15, -0.1) is 0 Å². The monoisotopic (exact) mass is 373 g/mol. The van der Waals surface area contributed by atoms with Crippen LogP contribution in [0.1, 0.15) is 5.56 Å². The van der Waals surface area contributed by atoms with Gasteiger partial charge in [-0.05, 0) is 29.8 Å². The second-order valence-electron chi connectivity index (χ2n) is 5.17. The summed E-state index contributed by atoms with van der Waals surface area (Å²) in [6.07, 6.45) is 0. The zero-order valence-electron chi connectivity index (χ0n) is 13.1. The molecule has 2 aromatic rings. The number of nitrogens with one attached hydrogen (secondary N) is 1. The molecule has 9 heteroatoms. The van der Waals surface area contributed by atoms with Crippen molar-refractivity contribution >= 4 is 21.4 Å². The van der Waals surface area contributed by atoms with Gasteiger partial charge in [0, 0.05) is 6.07 Å². The van der Waals surface area contributed by atoms with Gasteiger partial charge in [0.25, 0.3) is 0 Å². The van der Waals surface area contributed by atoms with Crippen LogP contribution in [0.4, 0.5) is 18.9 Å². The number of halogens is 3. The quantitative estimate of drug-likeness (QED) is 0.845. The van der Waals surface area contributed by atoms with Crippen LogP contribution >= 0.6 is 0 Å². The molecule has 0 atom stereocenters. The number of amides is 1. The first-order chi connectivity index (χ1) is 11.7. The van der Waals surface area contributed by atoms with Gasteiger partial charge < -0.3 is 10.1 Å². The number of hydrogen-bond donors (Lipinski definition) is 1. The molecule has 0 unspecified atom stereocenters. The Morgan fingerprint density at radius 2 is 1.80 bits per heavy atom. The van der Waals surface area contributed by atoms with E-state index in [1.165, 1.54) is 19.2 Å². The van der Waals surface area contributed by atoms with E-state index in [0.29, 0.717) is 6.07 Å². The molecule has 0 saturated heterocycles. The summed E-state index contributed by atoms with van der Waals surface area (Å²) < 4.78 is 68.6. The highest BCUT2D eigenvalue weighted by atomic mass is 32.2. The fraction of sp³-hybridized carbons (Fsp3) is 0.188. The Labute approximate surface area is 142 Å². The molecule has 0 aliphatic heterocycles.